The van der Waals surface area contributed by atoms with Crippen molar-refractivity contribution in [1.29, 1.82) is 0 Å². The number of halogens is 1. The predicted octanol–water partition coefficient (Wildman–Crippen LogP) is 3.08. The molecule has 4 aromatic rings. The van der Waals surface area contributed by atoms with E-state index in [1.807, 2.05) is 24.3 Å². The second-order valence-corrected chi connectivity index (χ2v) is 11.6. The van der Waals surface area contributed by atoms with Gasteiger partial charge in [0.1, 0.15) is 17.2 Å². The van der Waals surface area contributed by atoms with Crippen LogP contribution >= 0.6 is 15.9 Å². The number of methoxy groups -OCH3 is 2. The van der Waals surface area contributed by atoms with Crippen molar-refractivity contribution in [2.75, 3.05) is 33.2 Å². The number of aryl methyl sites for hydroxylation is 2. The number of hydrogen-bond donors (Lipinski definition) is 1. The van der Waals surface area contributed by atoms with Crippen molar-refractivity contribution in [2.24, 2.45) is 25.9 Å². The number of ether oxygens (including phenoxy) is 4. The first kappa shape index (κ1) is 31.0. The van der Waals surface area contributed by atoms with Crippen LogP contribution in [0.1, 0.15) is 36.1 Å². The Kier molecular flexibility index (Phi) is 9.47. The normalized spacial score (nSPS) is 19.8. The second kappa shape index (κ2) is 13.5. The van der Waals surface area contributed by atoms with Crippen molar-refractivity contribution in [3.8, 4) is 23.3 Å². The minimum absolute atomic E-state index is 0.136. The number of pyridine rings is 2. The zero-order chi connectivity index (χ0) is 31.4. The maximum absolute atomic E-state index is 11.5. The molecule has 0 saturated heterocycles. The zero-order valence-corrected chi connectivity index (χ0v) is 26.4. The summed E-state index contributed by atoms with van der Waals surface area (Å²) in [6, 6.07) is 10.9. The molecule has 0 unspecified atom stereocenters. The largest absolute Gasteiger partial charge is 0.495 e. The Hall–Kier alpha value is -4.46. The van der Waals surface area contributed by atoms with Crippen LogP contribution in [0.5, 0.6) is 23.3 Å². The summed E-state index contributed by atoms with van der Waals surface area (Å²) < 4.78 is 24.4. The van der Waals surface area contributed by atoms with Crippen LogP contribution in [-0.2, 0) is 14.1 Å². The lowest BCUT2D eigenvalue weighted by atomic mass is 10.2. The fourth-order valence-corrected chi connectivity index (χ4v) is 5.18. The molecule has 4 aromatic heterocycles. The van der Waals surface area contributed by atoms with Crippen LogP contribution in [0.4, 0.5) is 5.69 Å². The lowest BCUT2D eigenvalue weighted by Gasteiger charge is -2.07. The molecule has 0 spiro atoms. The summed E-state index contributed by atoms with van der Waals surface area (Å²) >= 11 is 3.21. The third kappa shape index (κ3) is 7.54. The quantitative estimate of drug-likeness (QED) is 0.265. The van der Waals surface area contributed by atoms with Crippen LogP contribution in [0, 0.1) is 11.8 Å². The van der Waals surface area contributed by atoms with Gasteiger partial charge in [-0.1, -0.05) is 0 Å². The molecule has 0 amide bonds. The number of rotatable bonds is 10. The molecular weight excluding hydrogens is 634 g/mol. The Morgan fingerprint density at radius 2 is 1.27 bits per heavy atom. The summed E-state index contributed by atoms with van der Waals surface area (Å²) in [5, 5.41) is 8.10. The van der Waals surface area contributed by atoms with Gasteiger partial charge in [-0.15, -0.1) is 10.2 Å². The minimum atomic E-state index is -0.320. The van der Waals surface area contributed by atoms with E-state index in [1.165, 1.54) is 15.4 Å². The first-order valence-electron chi connectivity index (χ1n) is 14.0. The molecule has 13 nitrogen and oxygen atoms in total. The van der Waals surface area contributed by atoms with Crippen molar-refractivity contribution in [3.63, 3.8) is 0 Å². The van der Waals surface area contributed by atoms with Crippen molar-refractivity contribution < 1.29 is 18.9 Å². The second-order valence-electron chi connectivity index (χ2n) is 10.7. The first-order valence-corrected chi connectivity index (χ1v) is 14.8. The average molecular weight is 669 g/mol. The highest BCUT2D eigenvalue weighted by molar-refractivity contribution is 9.10. The summed E-state index contributed by atoms with van der Waals surface area (Å²) in [5.74, 6) is 3.98. The molecule has 0 radical (unpaired) electrons. The Balaban J connectivity index is 0.000000175. The number of nitrogens with zero attached hydrogens (tertiary/aromatic N) is 6. The minimum Gasteiger partial charge on any atom is -0.495 e. The van der Waals surface area contributed by atoms with Gasteiger partial charge < -0.3 is 24.7 Å². The molecule has 44 heavy (non-hydrogen) atoms. The van der Waals surface area contributed by atoms with Crippen molar-refractivity contribution in [2.45, 2.75) is 24.7 Å². The van der Waals surface area contributed by atoms with Gasteiger partial charge in [-0.05, 0) is 53.0 Å². The summed E-state index contributed by atoms with van der Waals surface area (Å²) in [6.45, 7) is 1.10. The van der Waals surface area contributed by atoms with Gasteiger partial charge in [0.05, 0.1) is 44.3 Å². The first-order chi connectivity index (χ1) is 21.2. The lowest BCUT2D eigenvalue weighted by molar-refractivity contribution is 0.277. The zero-order valence-electron chi connectivity index (χ0n) is 24.8. The molecule has 0 aliphatic heterocycles. The summed E-state index contributed by atoms with van der Waals surface area (Å²) in [7, 11) is 6.40. The third-order valence-electron chi connectivity index (χ3n) is 7.55. The summed E-state index contributed by atoms with van der Waals surface area (Å²) in [6.07, 6.45) is 5.53. The number of hydrogen-bond acceptors (Lipinski definition) is 11. The Bertz CT molecular complexity index is 1530. The van der Waals surface area contributed by atoms with E-state index in [2.05, 4.69) is 36.1 Å². The highest BCUT2D eigenvalue weighted by Crippen LogP contribution is 2.47. The van der Waals surface area contributed by atoms with Crippen LogP contribution in [0.15, 0.2) is 62.9 Å². The molecular formula is C30H34BrN7O6. The SMILES string of the molecule is COc1ccc([C@H]2C[C@@H]2COc2cc(Br)c(=O)n(C)n2)nc1.COc1ccc([C@H]2C[C@@H]2COc2cc(N)c(=O)n(C)n2)nc1. The number of nitrogens with two attached hydrogens (primary N) is 1. The molecule has 6 rings (SSSR count). The van der Waals surface area contributed by atoms with E-state index in [0.29, 0.717) is 53.1 Å². The molecule has 2 fully saturated rings. The highest BCUT2D eigenvalue weighted by atomic mass is 79.9. The topological polar surface area (TPSA) is 158 Å². The van der Waals surface area contributed by atoms with Gasteiger partial charge in [0.2, 0.25) is 11.8 Å². The molecule has 14 heteroatoms. The van der Waals surface area contributed by atoms with E-state index >= 15 is 0 Å². The fourth-order valence-electron chi connectivity index (χ4n) is 4.73. The number of anilines is 1. The van der Waals surface area contributed by atoms with Crippen LogP contribution in [0.25, 0.3) is 0 Å². The molecule has 4 heterocycles. The Morgan fingerprint density at radius 3 is 1.68 bits per heavy atom. The average Bonchev–Trinajstić information content (AvgIpc) is 3.97. The molecule has 2 aliphatic carbocycles. The third-order valence-corrected chi connectivity index (χ3v) is 8.12. The van der Waals surface area contributed by atoms with Gasteiger partial charge in [0.25, 0.3) is 11.1 Å². The van der Waals surface area contributed by atoms with Crippen LogP contribution < -0.4 is 35.8 Å². The molecule has 2 N–H and O–H groups in total. The summed E-state index contributed by atoms with van der Waals surface area (Å²) in [5.41, 5.74) is 7.35. The molecule has 2 aliphatic rings. The van der Waals surface area contributed by atoms with E-state index in [1.54, 1.807) is 46.8 Å². The molecule has 2 saturated carbocycles. The van der Waals surface area contributed by atoms with Gasteiger partial charge in [-0.3, -0.25) is 19.6 Å². The van der Waals surface area contributed by atoms with Crippen LogP contribution in [0.2, 0.25) is 0 Å². The molecule has 0 aromatic carbocycles. The van der Waals surface area contributed by atoms with Gasteiger partial charge in [0, 0.05) is 61.3 Å². The van der Waals surface area contributed by atoms with Crippen LogP contribution in [0.3, 0.4) is 0 Å². The molecule has 232 valence electrons. The van der Waals surface area contributed by atoms with E-state index < -0.39 is 0 Å². The fraction of sp³-hybridized carbons (Fsp3) is 0.400. The van der Waals surface area contributed by atoms with Crippen LogP contribution in [-0.4, -0.2) is 57.0 Å². The van der Waals surface area contributed by atoms with E-state index in [9.17, 15) is 9.59 Å². The van der Waals surface area contributed by atoms with E-state index in [-0.39, 0.29) is 16.8 Å². The monoisotopic (exact) mass is 667 g/mol. The smallest absolute Gasteiger partial charge is 0.289 e. The maximum Gasteiger partial charge on any atom is 0.289 e. The predicted molar refractivity (Wildman–Crippen MR) is 165 cm³/mol. The van der Waals surface area contributed by atoms with Gasteiger partial charge >= 0.3 is 0 Å². The van der Waals surface area contributed by atoms with E-state index in [4.69, 9.17) is 24.7 Å². The Labute approximate surface area is 262 Å². The van der Waals surface area contributed by atoms with E-state index in [0.717, 1.165) is 35.7 Å². The van der Waals surface area contributed by atoms with Gasteiger partial charge in [0.15, 0.2) is 0 Å². The number of nitrogen functional groups attached to an aromatic ring is 1. The van der Waals surface area contributed by atoms with Gasteiger partial charge in [-0.25, -0.2) is 9.36 Å². The number of aromatic nitrogens is 6. The lowest BCUT2D eigenvalue weighted by Crippen LogP contribution is -2.23. The van der Waals surface area contributed by atoms with Crippen molar-refractivity contribution in [3.05, 3.63) is 85.4 Å². The Morgan fingerprint density at radius 1 is 0.795 bits per heavy atom. The maximum atomic E-state index is 11.5. The van der Waals surface area contributed by atoms with Gasteiger partial charge in [-0.2, -0.15) is 0 Å². The molecule has 4 atom stereocenters. The summed E-state index contributed by atoms with van der Waals surface area (Å²) in [4.78, 5) is 31.8. The highest BCUT2D eigenvalue weighted by Gasteiger charge is 2.41. The van der Waals surface area contributed by atoms with Crippen molar-refractivity contribution in [1.82, 2.24) is 29.5 Å². The molecule has 0 bridgehead atoms. The standard InChI is InChI=1S/C15H16BrN3O3.C15H18N4O3/c2*1-19-15(20)12(16)6-14(18-19)22-8-9-5-11(9)13-4-3-10(21-2)7-17-13/h3-4,6-7,9,11H,5,8H2,1-2H3;3-4,6-7,9,11H,5,8,16H2,1-2H3/t2*9-,11+/m11/s1. The van der Waals surface area contributed by atoms with Crippen molar-refractivity contribution >= 4 is 21.6 Å².